The van der Waals surface area contributed by atoms with Gasteiger partial charge in [-0.2, -0.15) is 0 Å². The van der Waals surface area contributed by atoms with Crippen LogP contribution < -0.4 is 16.1 Å². The van der Waals surface area contributed by atoms with E-state index in [1.807, 2.05) is 30.3 Å². The Labute approximate surface area is 138 Å². The van der Waals surface area contributed by atoms with Gasteiger partial charge < -0.3 is 10.6 Å². The molecule has 0 bridgehead atoms. The first-order valence-corrected chi connectivity index (χ1v) is 6.90. The molecular formula is C17H16ClFN2O2. The van der Waals surface area contributed by atoms with Gasteiger partial charge in [0.15, 0.2) is 0 Å². The largest absolute Gasteiger partial charge is 0.406 e. The van der Waals surface area contributed by atoms with Crippen LogP contribution in [0.4, 0.5) is 4.39 Å². The van der Waals surface area contributed by atoms with Gasteiger partial charge in [0.1, 0.15) is 6.61 Å². The summed E-state index contributed by atoms with van der Waals surface area (Å²) in [5, 5.41) is 2.32. The minimum Gasteiger partial charge on any atom is -0.406 e. The number of aromatic nitrogens is 1. The van der Waals surface area contributed by atoms with Gasteiger partial charge in [-0.1, -0.05) is 36.4 Å². The molecule has 6 heteroatoms. The summed E-state index contributed by atoms with van der Waals surface area (Å²) in [6, 6.07) is 14.8. The predicted octanol–water partition coefficient (Wildman–Crippen LogP) is 2.82. The van der Waals surface area contributed by atoms with E-state index < -0.39 is 0 Å². The Bertz CT molecular complexity index is 921. The molecule has 0 atom stereocenters. The van der Waals surface area contributed by atoms with Gasteiger partial charge in [0.2, 0.25) is 0 Å². The van der Waals surface area contributed by atoms with Gasteiger partial charge in [0.05, 0.1) is 17.2 Å². The zero-order valence-electron chi connectivity index (χ0n) is 12.2. The molecule has 0 saturated heterocycles. The van der Waals surface area contributed by atoms with Crippen molar-refractivity contribution in [2.75, 3.05) is 13.2 Å². The summed E-state index contributed by atoms with van der Waals surface area (Å²) < 4.78 is 13.8. The van der Waals surface area contributed by atoms with Crippen molar-refractivity contribution in [3.8, 4) is 0 Å². The van der Waals surface area contributed by atoms with Crippen LogP contribution in [0.1, 0.15) is 0 Å². The topological polar surface area (TPSA) is 57.2 Å². The van der Waals surface area contributed by atoms with Crippen molar-refractivity contribution in [2.45, 2.75) is 0 Å². The molecule has 0 unspecified atom stereocenters. The first kappa shape index (κ1) is 17.0. The Kier molecular flexibility index (Phi) is 5.36. The van der Waals surface area contributed by atoms with Gasteiger partial charge in [-0.05, 0) is 17.5 Å². The second kappa shape index (κ2) is 7.26. The molecule has 1 aromatic heterocycles. The van der Waals surface area contributed by atoms with Crippen LogP contribution >= 0.6 is 12.4 Å². The van der Waals surface area contributed by atoms with Crippen LogP contribution in [0.2, 0.25) is 0 Å². The first-order chi connectivity index (χ1) is 10.8. The SMILES string of the molecule is Cl.NC/C(=C\F)COn1c(=O)c2ccccc2c2ccccc21. The highest BCUT2D eigenvalue weighted by molar-refractivity contribution is 6.05. The lowest BCUT2D eigenvalue weighted by molar-refractivity contribution is 0.131. The number of halogens is 2. The maximum absolute atomic E-state index is 12.6. The van der Waals surface area contributed by atoms with Gasteiger partial charge in [0, 0.05) is 17.5 Å². The molecule has 0 fully saturated rings. The predicted molar refractivity (Wildman–Crippen MR) is 92.7 cm³/mol. The summed E-state index contributed by atoms with van der Waals surface area (Å²) in [6.45, 7) is -0.0357. The van der Waals surface area contributed by atoms with Crippen molar-refractivity contribution in [3.63, 3.8) is 0 Å². The van der Waals surface area contributed by atoms with Gasteiger partial charge in [-0.3, -0.25) is 4.79 Å². The highest BCUT2D eigenvalue weighted by Crippen LogP contribution is 2.21. The van der Waals surface area contributed by atoms with Crippen molar-refractivity contribution >= 4 is 34.1 Å². The molecule has 0 aliphatic heterocycles. The highest BCUT2D eigenvalue weighted by atomic mass is 35.5. The second-order valence-corrected chi connectivity index (χ2v) is 4.91. The monoisotopic (exact) mass is 334 g/mol. The normalized spacial score (nSPS) is 11.5. The van der Waals surface area contributed by atoms with Gasteiger partial charge >= 0.3 is 0 Å². The minimum absolute atomic E-state index is 0. The van der Waals surface area contributed by atoms with Crippen LogP contribution in [0.5, 0.6) is 0 Å². The zero-order valence-corrected chi connectivity index (χ0v) is 13.1. The molecule has 3 rings (SSSR count). The van der Waals surface area contributed by atoms with E-state index in [-0.39, 0.29) is 36.7 Å². The van der Waals surface area contributed by atoms with Crippen LogP contribution in [0.25, 0.3) is 21.7 Å². The number of fused-ring (bicyclic) bond motifs is 3. The summed E-state index contributed by atoms with van der Waals surface area (Å²) in [4.78, 5) is 18.1. The fourth-order valence-corrected chi connectivity index (χ4v) is 2.41. The van der Waals surface area contributed by atoms with Crippen LogP contribution in [0.15, 0.2) is 65.2 Å². The number of nitrogens with two attached hydrogens (primary N) is 1. The van der Waals surface area contributed by atoms with Crippen molar-refractivity contribution < 1.29 is 9.23 Å². The lowest BCUT2D eigenvalue weighted by Crippen LogP contribution is -2.29. The van der Waals surface area contributed by atoms with Crippen LogP contribution in [-0.4, -0.2) is 17.9 Å². The Morgan fingerprint density at radius 2 is 1.70 bits per heavy atom. The molecular weight excluding hydrogens is 319 g/mol. The molecule has 3 aromatic rings. The van der Waals surface area contributed by atoms with Crippen LogP contribution in [0, 0.1) is 0 Å². The number of hydrogen-bond acceptors (Lipinski definition) is 3. The second-order valence-electron chi connectivity index (χ2n) is 4.91. The third-order valence-electron chi connectivity index (χ3n) is 3.55. The van der Waals surface area contributed by atoms with Crippen LogP contribution in [0.3, 0.4) is 0 Å². The van der Waals surface area contributed by atoms with Gasteiger partial charge in [-0.25, -0.2) is 4.39 Å². The fraction of sp³-hybridized carbons (Fsp3) is 0.118. The molecule has 0 spiro atoms. The molecule has 0 aliphatic carbocycles. The third kappa shape index (κ3) is 3.06. The van der Waals surface area contributed by atoms with E-state index in [1.54, 1.807) is 18.2 Å². The molecule has 2 aromatic carbocycles. The quantitative estimate of drug-likeness (QED) is 0.746. The zero-order chi connectivity index (χ0) is 15.5. The van der Waals surface area contributed by atoms with Crippen LogP contribution in [-0.2, 0) is 0 Å². The summed E-state index contributed by atoms with van der Waals surface area (Å²) in [6.07, 6.45) is 0.411. The summed E-state index contributed by atoms with van der Waals surface area (Å²) >= 11 is 0. The molecule has 120 valence electrons. The number of benzene rings is 2. The molecule has 0 aliphatic rings. The molecule has 0 radical (unpaired) electrons. The third-order valence-corrected chi connectivity index (χ3v) is 3.55. The Balaban J connectivity index is 0.00000192. The number of pyridine rings is 1. The number of para-hydroxylation sites is 1. The minimum atomic E-state index is -0.274. The number of hydrogen-bond donors (Lipinski definition) is 1. The lowest BCUT2D eigenvalue weighted by Gasteiger charge is -2.14. The maximum atomic E-state index is 12.6. The molecule has 23 heavy (non-hydrogen) atoms. The molecule has 1 heterocycles. The van der Waals surface area contributed by atoms with E-state index in [2.05, 4.69) is 0 Å². The van der Waals surface area contributed by atoms with Crippen molar-refractivity contribution in [2.24, 2.45) is 5.73 Å². The lowest BCUT2D eigenvalue weighted by atomic mass is 10.1. The van der Waals surface area contributed by atoms with Gasteiger partial charge in [0.25, 0.3) is 5.56 Å². The van der Waals surface area contributed by atoms with E-state index in [0.717, 1.165) is 10.8 Å². The van der Waals surface area contributed by atoms with E-state index in [0.29, 0.717) is 17.2 Å². The summed E-state index contributed by atoms with van der Waals surface area (Å²) in [5.41, 5.74) is 6.06. The number of rotatable bonds is 4. The molecule has 4 nitrogen and oxygen atoms in total. The molecule has 2 N–H and O–H groups in total. The standard InChI is InChI=1S/C17H15FN2O2.ClH/c18-9-12(10-19)11-22-20-16-8-4-3-6-14(16)13-5-1-2-7-15(13)17(20)21;/h1-9H,10-11,19H2;1H/b12-9+;. The van der Waals surface area contributed by atoms with E-state index in [4.69, 9.17) is 10.6 Å². The first-order valence-electron chi connectivity index (χ1n) is 6.90. The molecule has 0 amide bonds. The van der Waals surface area contributed by atoms with E-state index in [9.17, 15) is 9.18 Å². The Morgan fingerprint density at radius 1 is 1.09 bits per heavy atom. The highest BCUT2D eigenvalue weighted by Gasteiger charge is 2.11. The van der Waals surface area contributed by atoms with Gasteiger partial charge in [-0.15, -0.1) is 17.1 Å². The fourth-order valence-electron chi connectivity index (χ4n) is 2.41. The maximum Gasteiger partial charge on any atom is 0.291 e. The number of nitrogens with zero attached hydrogens (tertiary/aromatic N) is 1. The van der Waals surface area contributed by atoms with Crippen molar-refractivity contribution in [3.05, 3.63) is 70.8 Å². The Hall–Kier alpha value is -2.37. The summed E-state index contributed by atoms with van der Waals surface area (Å²) in [5.74, 6) is 0. The summed E-state index contributed by atoms with van der Waals surface area (Å²) in [7, 11) is 0. The van der Waals surface area contributed by atoms with Crippen molar-refractivity contribution in [1.29, 1.82) is 0 Å². The molecule has 0 saturated carbocycles. The smallest absolute Gasteiger partial charge is 0.291 e. The van der Waals surface area contributed by atoms with E-state index >= 15 is 0 Å². The average Bonchev–Trinajstić information content (AvgIpc) is 2.58. The van der Waals surface area contributed by atoms with Crippen molar-refractivity contribution in [1.82, 2.24) is 4.73 Å². The average molecular weight is 335 g/mol. The Morgan fingerprint density at radius 3 is 2.35 bits per heavy atom. The van der Waals surface area contributed by atoms with E-state index in [1.165, 1.54) is 4.73 Å².